The van der Waals surface area contributed by atoms with Crippen LogP contribution in [-0.4, -0.2) is 30.7 Å². The summed E-state index contributed by atoms with van der Waals surface area (Å²) in [6.45, 7) is 0.513. The molecule has 4 nitrogen and oxygen atoms in total. The molecule has 1 amide bonds. The van der Waals surface area contributed by atoms with Gasteiger partial charge in [0.15, 0.2) is 6.29 Å². The number of rotatable bonds is 3. The highest BCUT2D eigenvalue weighted by Gasteiger charge is 2.21. The van der Waals surface area contributed by atoms with Crippen LogP contribution in [0.1, 0.15) is 27.1 Å². The third kappa shape index (κ3) is 2.25. The van der Waals surface area contributed by atoms with Gasteiger partial charge in [0.25, 0.3) is 5.91 Å². The Labute approximate surface area is 104 Å². The summed E-state index contributed by atoms with van der Waals surface area (Å²) in [7, 11) is 1.54. The number of halogens is 1. The largest absolute Gasteiger partial charge is 0.500 e. The first kappa shape index (κ1) is 12.3. The SMILES string of the molecule is COC1=CN(C(=O)c2ccc(C=O)c(F)c2)CC1. The fourth-order valence-corrected chi connectivity index (χ4v) is 1.77. The molecule has 0 aliphatic carbocycles. The second kappa shape index (κ2) is 5.00. The normalized spacial score (nSPS) is 14.3. The predicted octanol–water partition coefficient (Wildman–Crippen LogP) is 1.97. The van der Waals surface area contributed by atoms with E-state index in [9.17, 15) is 14.0 Å². The second-order valence-corrected chi connectivity index (χ2v) is 3.90. The van der Waals surface area contributed by atoms with Crippen molar-refractivity contribution >= 4 is 12.2 Å². The molecule has 94 valence electrons. The van der Waals surface area contributed by atoms with Crippen LogP contribution >= 0.6 is 0 Å². The Hall–Kier alpha value is -2.17. The molecule has 1 aliphatic heterocycles. The molecular weight excluding hydrogens is 237 g/mol. The van der Waals surface area contributed by atoms with Gasteiger partial charge in [-0.3, -0.25) is 9.59 Å². The van der Waals surface area contributed by atoms with Gasteiger partial charge >= 0.3 is 0 Å². The van der Waals surface area contributed by atoms with Crippen LogP contribution in [0.4, 0.5) is 4.39 Å². The standard InChI is InChI=1S/C13H12FNO3/c1-18-11-4-5-15(7-11)13(17)9-2-3-10(8-16)12(14)6-9/h2-3,6-8H,4-5H2,1H3. The molecule has 0 aromatic heterocycles. The fraction of sp³-hybridized carbons (Fsp3) is 0.231. The molecule has 1 aromatic carbocycles. The third-order valence-electron chi connectivity index (χ3n) is 2.80. The number of hydrogen-bond donors (Lipinski definition) is 0. The minimum atomic E-state index is -0.689. The van der Waals surface area contributed by atoms with Crippen molar-refractivity contribution in [3.8, 4) is 0 Å². The first-order chi connectivity index (χ1) is 8.65. The number of benzene rings is 1. The van der Waals surface area contributed by atoms with Gasteiger partial charge in [-0.2, -0.15) is 0 Å². The van der Waals surface area contributed by atoms with Gasteiger partial charge in [0.2, 0.25) is 0 Å². The number of nitrogens with zero attached hydrogens (tertiary/aromatic N) is 1. The van der Waals surface area contributed by atoms with Crippen LogP contribution in [0, 0.1) is 5.82 Å². The minimum Gasteiger partial charge on any atom is -0.500 e. The first-order valence-corrected chi connectivity index (χ1v) is 5.46. The molecule has 0 unspecified atom stereocenters. The van der Waals surface area contributed by atoms with Crippen LogP contribution < -0.4 is 0 Å². The molecule has 0 spiro atoms. The monoisotopic (exact) mass is 249 g/mol. The summed E-state index contributed by atoms with van der Waals surface area (Å²) < 4.78 is 18.4. The maximum Gasteiger partial charge on any atom is 0.258 e. The van der Waals surface area contributed by atoms with Crippen LogP contribution in [0.3, 0.4) is 0 Å². The van der Waals surface area contributed by atoms with Crippen LogP contribution in [0.25, 0.3) is 0 Å². The Morgan fingerprint density at radius 1 is 1.50 bits per heavy atom. The lowest BCUT2D eigenvalue weighted by molar-refractivity contribution is 0.0832. The lowest BCUT2D eigenvalue weighted by atomic mass is 10.1. The van der Waals surface area contributed by atoms with Crippen LogP contribution in [0.15, 0.2) is 30.2 Å². The Morgan fingerprint density at radius 2 is 2.28 bits per heavy atom. The zero-order valence-corrected chi connectivity index (χ0v) is 9.85. The fourth-order valence-electron chi connectivity index (χ4n) is 1.77. The van der Waals surface area contributed by atoms with Crippen molar-refractivity contribution in [3.05, 3.63) is 47.1 Å². The summed E-state index contributed by atoms with van der Waals surface area (Å²) in [6.07, 6.45) is 2.67. The van der Waals surface area contributed by atoms with Crippen LogP contribution in [0.2, 0.25) is 0 Å². The highest BCUT2D eigenvalue weighted by molar-refractivity contribution is 5.95. The Balaban J connectivity index is 2.22. The molecule has 0 saturated carbocycles. The second-order valence-electron chi connectivity index (χ2n) is 3.90. The first-order valence-electron chi connectivity index (χ1n) is 5.46. The number of carbonyl (C=O) groups is 2. The zero-order chi connectivity index (χ0) is 13.1. The van der Waals surface area contributed by atoms with E-state index in [1.807, 2.05) is 0 Å². The van der Waals surface area contributed by atoms with Gasteiger partial charge in [0.05, 0.1) is 12.7 Å². The summed E-state index contributed by atoms with van der Waals surface area (Å²) in [4.78, 5) is 24.0. The van der Waals surface area contributed by atoms with Gasteiger partial charge in [-0.25, -0.2) is 4.39 Å². The number of hydrogen-bond acceptors (Lipinski definition) is 3. The molecule has 0 N–H and O–H groups in total. The van der Waals surface area contributed by atoms with E-state index in [1.54, 1.807) is 13.3 Å². The average molecular weight is 249 g/mol. The van der Waals surface area contributed by atoms with Crippen molar-refractivity contribution in [3.63, 3.8) is 0 Å². The van der Waals surface area contributed by atoms with E-state index >= 15 is 0 Å². The highest BCUT2D eigenvalue weighted by atomic mass is 19.1. The van der Waals surface area contributed by atoms with E-state index in [-0.39, 0.29) is 17.0 Å². The van der Waals surface area contributed by atoms with Gasteiger partial charge < -0.3 is 9.64 Å². The summed E-state index contributed by atoms with van der Waals surface area (Å²) in [6, 6.07) is 3.81. The van der Waals surface area contributed by atoms with Crippen LogP contribution in [0.5, 0.6) is 0 Å². The molecule has 0 fully saturated rings. The number of ether oxygens (including phenoxy) is 1. The predicted molar refractivity (Wildman–Crippen MR) is 62.5 cm³/mol. The molecule has 2 rings (SSSR count). The summed E-state index contributed by atoms with van der Waals surface area (Å²) >= 11 is 0. The van der Waals surface area contributed by atoms with Crippen molar-refractivity contribution in [2.24, 2.45) is 0 Å². The van der Waals surface area contributed by atoms with E-state index in [2.05, 4.69) is 0 Å². The van der Waals surface area contributed by atoms with Crippen molar-refractivity contribution in [2.75, 3.05) is 13.7 Å². The van der Waals surface area contributed by atoms with E-state index in [0.717, 1.165) is 6.07 Å². The van der Waals surface area contributed by atoms with Crippen LogP contribution in [-0.2, 0) is 4.74 Å². The molecule has 5 heteroatoms. The number of amides is 1. The molecular formula is C13H12FNO3. The number of aldehydes is 1. The van der Waals surface area contributed by atoms with E-state index in [4.69, 9.17) is 4.74 Å². The van der Waals surface area contributed by atoms with Gasteiger partial charge in [-0.1, -0.05) is 0 Å². The third-order valence-corrected chi connectivity index (χ3v) is 2.80. The number of methoxy groups -OCH3 is 1. The van der Waals surface area contributed by atoms with Crippen molar-refractivity contribution < 1.29 is 18.7 Å². The molecule has 0 bridgehead atoms. The minimum absolute atomic E-state index is 0.0545. The molecule has 1 aromatic rings. The lowest BCUT2D eigenvalue weighted by Crippen LogP contribution is -2.23. The molecule has 0 atom stereocenters. The van der Waals surface area contributed by atoms with Gasteiger partial charge in [0, 0.05) is 24.7 Å². The molecule has 1 aliphatic rings. The highest BCUT2D eigenvalue weighted by Crippen LogP contribution is 2.18. The quantitative estimate of drug-likeness (QED) is 0.769. The van der Waals surface area contributed by atoms with Gasteiger partial charge in [0.1, 0.15) is 11.6 Å². The zero-order valence-electron chi connectivity index (χ0n) is 9.85. The smallest absolute Gasteiger partial charge is 0.258 e. The van der Waals surface area contributed by atoms with E-state index < -0.39 is 5.82 Å². The van der Waals surface area contributed by atoms with E-state index in [0.29, 0.717) is 25.0 Å². The lowest BCUT2D eigenvalue weighted by Gasteiger charge is -2.12. The average Bonchev–Trinajstić information content (AvgIpc) is 2.86. The summed E-state index contributed by atoms with van der Waals surface area (Å²) in [5.74, 6) is -0.280. The van der Waals surface area contributed by atoms with Gasteiger partial charge in [-0.15, -0.1) is 0 Å². The molecule has 0 saturated heterocycles. The topological polar surface area (TPSA) is 46.6 Å². The summed E-state index contributed by atoms with van der Waals surface area (Å²) in [5, 5.41) is 0. The molecule has 1 heterocycles. The van der Waals surface area contributed by atoms with Crippen molar-refractivity contribution in [1.82, 2.24) is 4.90 Å². The maximum atomic E-state index is 13.4. The molecule has 18 heavy (non-hydrogen) atoms. The number of carbonyl (C=O) groups excluding carboxylic acids is 2. The van der Waals surface area contributed by atoms with Crippen molar-refractivity contribution in [2.45, 2.75) is 6.42 Å². The Bertz CT molecular complexity index is 525. The Kier molecular flexibility index (Phi) is 3.41. The maximum absolute atomic E-state index is 13.4. The molecule has 0 radical (unpaired) electrons. The summed E-state index contributed by atoms with van der Waals surface area (Å²) in [5.41, 5.74) is 0.160. The Morgan fingerprint density at radius 3 is 2.83 bits per heavy atom. The van der Waals surface area contributed by atoms with E-state index in [1.165, 1.54) is 17.0 Å². The van der Waals surface area contributed by atoms with Gasteiger partial charge in [-0.05, 0) is 18.2 Å². The van der Waals surface area contributed by atoms with Crippen molar-refractivity contribution in [1.29, 1.82) is 0 Å².